The van der Waals surface area contributed by atoms with Gasteiger partial charge >= 0.3 is 6.18 Å². The summed E-state index contributed by atoms with van der Waals surface area (Å²) in [5.74, 6) is -2.02. The van der Waals surface area contributed by atoms with Gasteiger partial charge in [-0.25, -0.2) is 19.4 Å². The molecular formula is C24H20F4N6O3. The molecule has 1 aliphatic rings. The van der Waals surface area contributed by atoms with E-state index in [1.807, 2.05) is 0 Å². The van der Waals surface area contributed by atoms with Crippen LogP contribution in [0.4, 0.5) is 28.9 Å². The monoisotopic (exact) mass is 516 g/mol. The van der Waals surface area contributed by atoms with Gasteiger partial charge in [0.05, 0.1) is 47.5 Å². The molecule has 2 N–H and O–H groups in total. The number of pyridine rings is 1. The van der Waals surface area contributed by atoms with E-state index in [0.717, 1.165) is 12.1 Å². The molecule has 0 bridgehead atoms. The molecule has 9 nitrogen and oxygen atoms in total. The van der Waals surface area contributed by atoms with Crippen LogP contribution in [-0.2, 0) is 22.3 Å². The molecule has 1 aliphatic heterocycles. The van der Waals surface area contributed by atoms with Gasteiger partial charge in [0.25, 0.3) is 5.91 Å². The van der Waals surface area contributed by atoms with Crippen molar-refractivity contribution in [2.45, 2.75) is 19.1 Å². The van der Waals surface area contributed by atoms with Gasteiger partial charge in [-0.2, -0.15) is 13.2 Å². The molecule has 2 aromatic heterocycles. The summed E-state index contributed by atoms with van der Waals surface area (Å²) in [5, 5.41) is 5.31. The number of alkyl halides is 3. The van der Waals surface area contributed by atoms with Crippen LogP contribution in [0.1, 0.15) is 28.0 Å². The summed E-state index contributed by atoms with van der Waals surface area (Å²) in [6.45, 7) is 0.361. The van der Waals surface area contributed by atoms with Crippen molar-refractivity contribution in [3.63, 3.8) is 0 Å². The lowest BCUT2D eigenvalue weighted by atomic mass is 9.87. The maximum absolute atomic E-state index is 13.3. The molecule has 13 heteroatoms. The highest BCUT2D eigenvalue weighted by Crippen LogP contribution is 2.36. The van der Waals surface area contributed by atoms with E-state index in [-0.39, 0.29) is 30.1 Å². The van der Waals surface area contributed by atoms with Crippen LogP contribution in [0.3, 0.4) is 0 Å². The molecule has 3 aromatic rings. The van der Waals surface area contributed by atoms with Crippen LogP contribution in [-0.4, -0.2) is 46.2 Å². The fourth-order valence-corrected chi connectivity index (χ4v) is 3.55. The Morgan fingerprint density at radius 3 is 2.57 bits per heavy atom. The predicted octanol–water partition coefficient (Wildman–Crippen LogP) is 3.71. The highest BCUT2D eigenvalue weighted by molar-refractivity contribution is 6.05. The first-order valence-corrected chi connectivity index (χ1v) is 11.0. The Kier molecular flexibility index (Phi) is 7.53. The summed E-state index contributed by atoms with van der Waals surface area (Å²) in [7, 11) is 0. The Morgan fingerprint density at radius 2 is 1.92 bits per heavy atom. The topological polar surface area (TPSA) is 118 Å². The van der Waals surface area contributed by atoms with Crippen LogP contribution < -0.4 is 10.6 Å². The lowest BCUT2D eigenvalue weighted by molar-refractivity contribution is -0.137. The summed E-state index contributed by atoms with van der Waals surface area (Å²) in [5.41, 5.74) is -1.78. The van der Waals surface area contributed by atoms with Gasteiger partial charge in [0.15, 0.2) is 0 Å². The van der Waals surface area contributed by atoms with Gasteiger partial charge in [0.2, 0.25) is 5.91 Å². The Morgan fingerprint density at radius 1 is 1.14 bits per heavy atom. The quantitative estimate of drug-likeness (QED) is 0.363. The van der Waals surface area contributed by atoms with Crippen molar-refractivity contribution in [2.75, 3.05) is 18.5 Å². The number of carbonyl (C=O) groups is 2. The molecule has 192 valence electrons. The van der Waals surface area contributed by atoms with Crippen LogP contribution in [0.2, 0.25) is 0 Å². The van der Waals surface area contributed by atoms with Crippen molar-refractivity contribution in [3.05, 3.63) is 77.9 Å². The third-order valence-corrected chi connectivity index (χ3v) is 5.56. The number of benzene rings is 1. The van der Waals surface area contributed by atoms with Crippen molar-refractivity contribution in [2.24, 2.45) is 10.4 Å². The summed E-state index contributed by atoms with van der Waals surface area (Å²) in [6.07, 6.45) is 2.04. The predicted molar refractivity (Wildman–Crippen MR) is 123 cm³/mol. The molecule has 0 aliphatic carbocycles. The van der Waals surface area contributed by atoms with Crippen molar-refractivity contribution in [1.29, 1.82) is 0 Å². The van der Waals surface area contributed by atoms with Crippen molar-refractivity contribution in [1.82, 2.24) is 20.3 Å². The number of aliphatic imine (C=N–C) groups is 1. The van der Waals surface area contributed by atoms with Gasteiger partial charge in [-0.05, 0) is 36.8 Å². The third-order valence-electron chi connectivity index (χ3n) is 5.56. The van der Waals surface area contributed by atoms with E-state index < -0.39 is 34.8 Å². The van der Waals surface area contributed by atoms with Gasteiger partial charge in [-0.3, -0.25) is 14.6 Å². The summed E-state index contributed by atoms with van der Waals surface area (Å²) < 4.78 is 58.3. The second-order valence-corrected chi connectivity index (χ2v) is 8.18. The zero-order valence-corrected chi connectivity index (χ0v) is 19.1. The van der Waals surface area contributed by atoms with Gasteiger partial charge in [-0.1, -0.05) is 0 Å². The Bertz CT molecular complexity index is 1290. The number of nitrogens with zero attached hydrogens (tertiary/aromatic N) is 4. The molecule has 1 saturated heterocycles. The minimum Gasteiger partial charge on any atom is -0.380 e. The van der Waals surface area contributed by atoms with Crippen LogP contribution in [0.25, 0.3) is 0 Å². The lowest BCUT2D eigenvalue weighted by Gasteiger charge is -2.21. The lowest BCUT2D eigenvalue weighted by Crippen LogP contribution is -2.42. The normalized spacial score (nSPS) is 17.6. The number of rotatable bonds is 7. The number of amides is 2. The number of anilines is 2. The Balaban J connectivity index is 1.40. The van der Waals surface area contributed by atoms with Crippen molar-refractivity contribution >= 4 is 29.4 Å². The molecule has 1 atom stereocenters. The molecule has 4 rings (SSSR count). The second-order valence-electron chi connectivity index (χ2n) is 8.18. The molecule has 1 aromatic carbocycles. The van der Waals surface area contributed by atoms with Crippen LogP contribution in [0.5, 0.6) is 0 Å². The zero-order chi connectivity index (χ0) is 26.5. The minimum atomic E-state index is -4.75. The first-order valence-electron chi connectivity index (χ1n) is 11.0. The smallest absolute Gasteiger partial charge is 0.380 e. The molecule has 0 spiro atoms. The van der Waals surface area contributed by atoms with Crippen LogP contribution >= 0.6 is 0 Å². The maximum Gasteiger partial charge on any atom is 0.418 e. The van der Waals surface area contributed by atoms with Crippen molar-refractivity contribution < 1.29 is 31.9 Å². The Labute approximate surface area is 208 Å². The van der Waals surface area contributed by atoms with Crippen LogP contribution in [0.15, 0.2) is 60.2 Å². The van der Waals surface area contributed by atoms with E-state index in [0.29, 0.717) is 24.8 Å². The average molecular weight is 516 g/mol. The van der Waals surface area contributed by atoms with E-state index in [1.54, 1.807) is 0 Å². The van der Waals surface area contributed by atoms with Gasteiger partial charge in [0, 0.05) is 25.2 Å². The SMILES string of the molecule is O=C(N=C[C@@]1(C(=O)NCc2ccc(Nc3ccc(F)cc3C(F)(F)F)cn2)CCOC1)c1cncnc1. The third kappa shape index (κ3) is 6.30. The van der Waals surface area contributed by atoms with E-state index in [4.69, 9.17) is 4.74 Å². The molecule has 0 radical (unpaired) electrons. The highest BCUT2D eigenvalue weighted by Gasteiger charge is 2.41. The van der Waals surface area contributed by atoms with Crippen molar-refractivity contribution in [3.8, 4) is 0 Å². The maximum atomic E-state index is 13.3. The summed E-state index contributed by atoms with van der Waals surface area (Å²) in [6, 6.07) is 5.32. The second kappa shape index (κ2) is 10.8. The minimum absolute atomic E-state index is 0.0134. The van der Waals surface area contributed by atoms with Gasteiger partial charge in [-0.15, -0.1) is 0 Å². The first kappa shape index (κ1) is 25.8. The van der Waals surface area contributed by atoms with E-state index in [2.05, 4.69) is 30.6 Å². The number of ether oxygens (including phenoxy) is 1. The summed E-state index contributed by atoms with van der Waals surface area (Å²) in [4.78, 5) is 40.8. The number of hydrogen-bond acceptors (Lipinski definition) is 7. The van der Waals surface area contributed by atoms with Gasteiger partial charge < -0.3 is 15.4 Å². The largest absolute Gasteiger partial charge is 0.418 e. The number of aromatic nitrogens is 3. The molecule has 2 amide bonds. The molecular weight excluding hydrogens is 496 g/mol. The summed E-state index contributed by atoms with van der Waals surface area (Å²) >= 11 is 0. The van der Waals surface area contributed by atoms with E-state index in [9.17, 15) is 27.2 Å². The number of nitrogens with one attached hydrogen (secondary N) is 2. The molecule has 0 saturated carbocycles. The molecule has 0 unspecified atom stereocenters. The molecule has 1 fully saturated rings. The molecule has 3 heterocycles. The average Bonchev–Trinajstić information content (AvgIpc) is 3.38. The number of carbonyl (C=O) groups excluding carboxylic acids is 2. The standard InChI is InChI=1S/C24H20F4N6O3/c25-16-1-4-20(19(7-16)24(26,27)28)34-18-3-2-17(31-11-18)10-32-22(36)23(5-6-37-13-23)12-33-21(35)15-8-29-14-30-9-15/h1-4,7-9,11-12,14,34H,5-6,10,13H2,(H,32,36)/t23-/m0/s1. The fraction of sp³-hybridized carbons (Fsp3) is 0.250. The zero-order valence-electron chi connectivity index (χ0n) is 19.1. The van der Waals surface area contributed by atoms with Crippen LogP contribution in [0, 0.1) is 11.2 Å². The van der Waals surface area contributed by atoms with E-state index in [1.165, 1.54) is 43.3 Å². The molecule has 37 heavy (non-hydrogen) atoms. The number of hydrogen-bond donors (Lipinski definition) is 2. The first-order chi connectivity index (χ1) is 17.7. The highest BCUT2D eigenvalue weighted by atomic mass is 19.4. The van der Waals surface area contributed by atoms with E-state index >= 15 is 0 Å². The Hall–Kier alpha value is -4.26. The fourth-order valence-electron chi connectivity index (χ4n) is 3.55. The van der Waals surface area contributed by atoms with Gasteiger partial charge in [0.1, 0.15) is 17.6 Å². The number of halogens is 4.